The van der Waals surface area contributed by atoms with Gasteiger partial charge in [0.15, 0.2) is 11.4 Å². The zero-order valence-corrected chi connectivity index (χ0v) is 13.5. The number of nitrogens with one attached hydrogen (secondary N) is 1. The van der Waals surface area contributed by atoms with Gasteiger partial charge in [0, 0.05) is 13.1 Å². The minimum atomic E-state index is -4.79. The van der Waals surface area contributed by atoms with E-state index in [9.17, 15) is 28.1 Å². The first-order valence-corrected chi connectivity index (χ1v) is 6.87. The second kappa shape index (κ2) is 6.59. The van der Waals surface area contributed by atoms with Crippen LogP contribution in [0.2, 0.25) is 5.02 Å². The SMILES string of the molecule is COc1cc([N+](=O)[O-])ccc1NC(=O)c1nn(C)c(C(F)(F)F)c1Cl. The van der Waals surface area contributed by atoms with E-state index in [0.717, 1.165) is 19.2 Å². The van der Waals surface area contributed by atoms with Gasteiger partial charge in [-0.15, -0.1) is 0 Å². The van der Waals surface area contributed by atoms with E-state index in [4.69, 9.17) is 16.3 Å². The number of carbonyl (C=O) groups excluding carboxylic acids is 1. The second-order valence-electron chi connectivity index (χ2n) is 4.73. The molecule has 0 bridgehead atoms. The molecule has 1 aromatic heterocycles. The van der Waals surface area contributed by atoms with Crippen LogP contribution in [0.5, 0.6) is 5.75 Å². The van der Waals surface area contributed by atoms with Gasteiger partial charge in [-0.1, -0.05) is 11.6 Å². The molecule has 25 heavy (non-hydrogen) atoms. The van der Waals surface area contributed by atoms with E-state index in [1.165, 1.54) is 13.2 Å². The number of nitrogens with zero attached hydrogens (tertiary/aromatic N) is 3. The Morgan fingerprint density at radius 3 is 2.56 bits per heavy atom. The predicted octanol–water partition coefficient (Wildman–Crippen LogP) is 3.26. The molecule has 0 radical (unpaired) electrons. The number of carbonyl (C=O) groups is 1. The third-order valence-electron chi connectivity index (χ3n) is 3.12. The molecule has 0 aliphatic rings. The molecule has 0 unspecified atom stereocenters. The maximum atomic E-state index is 12.9. The van der Waals surface area contributed by atoms with E-state index in [-0.39, 0.29) is 17.1 Å². The molecule has 2 aromatic rings. The molecular weight excluding hydrogens is 369 g/mol. The molecule has 0 fully saturated rings. The smallest absolute Gasteiger partial charge is 0.434 e. The lowest BCUT2D eigenvalue weighted by molar-refractivity contribution is -0.384. The lowest BCUT2D eigenvalue weighted by Gasteiger charge is -2.09. The number of hydrogen-bond donors (Lipinski definition) is 1. The van der Waals surface area contributed by atoms with Gasteiger partial charge in [0.1, 0.15) is 10.8 Å². The number of halogens is 4. The average molecular weight is 379 g/mol. The van der Waals surface area contributed by atoms with Gasteiger partial charge in [-0.25, -0.2) is 0 Å². The number of benzene rings is 1. The fourth-order valence-electron chi connectivity index (χ4n) is 2.03. The lowest BCUT2D eigenvalue weighted by atomic mass is 10.2. The fraction of sp³-hybridized carbons (Fsp3) is 0.231. The molecule has 0 aliphatic heterocycles. The van der Waals surface area contributed by atoms with Gasteiger partial charge in [-0.2, -0.15) is 18.3 Å². The molecule has 8 nitrogen and oxygen atoms in total. The number of methoxy groups -OCH3 is 1. The van der Waals surface area contributed by atoms with Crippen LogP contribution in [0, 0.1) is 10.1 Å². The molecule has 1 aromatic carbocycles. The number of aryl methyl sites for hydroxylation is 1. The summed E-state index contributed by atoms with van der Waals surface area (Å²) in [6, 6.07) is 3.33. The van der Waals surface area contributed by atoms with Crippen molar-refractivity contribution in [3.05, 3.63) is 44.7 Å². The fourth-order valence-corrected chi connectivity index (χ4v) is 2.38. The highest BCUT2D eigenvalue weighted by atomic mass is 35.5. The van der Waals surface area contributed by atoms with Crippen LogP contribution in [0.3, 0.4) is 0 Å². The third kappa shape index (κ3) is 3.65. The summed E-state index contributed by atoms with van der Waals surface area (Å²) < 4.78 is 44.1. The van der Waals surface area contributed by atoms with Crippen LogP contribution in [0.4, 0.5) is 24.5 Å². The predicted molar refractivity (Wildman–Crippen MR) is 80.8 cm³/mol. The second-order valence-corrected chi connectivity index (χ2v) is 5.11. The third-order valence-corrected chi connectivity index (χ3v) is 3.48. The standard InChI is InChI=1S/C13H10ClF3N4O4/c1-20-11(13(15,16)17)9(14)10(19-20)12(22)18-7-4-3-6(21(23)24)5-8(7)25-2/h3-5H,1-2H3,(H,18,22). The number of rotatable bonds is 4. The Labute approximate surface area is 143 Å². The van der Waals surface area contributed by atoms with E-state index in [0.29, 0.717) is 4.68 Å². The Balaban J connectivity index is 2.37. The molecular formula is C13H10ClF3N4O4. The summed E-state index contributed by atoms with van der Waals surface area (Å²) in [6.07, 6.45) is -4.79. The summed E-state index contributed by atoms with van der Waals surface area (Å²) in [4.78, 5) is 22.2. The van der Waals surface area contributed by atoms with Crippen molar-refractivity contribution in [3.63, 3.8) is 0 Å². The Morgan fingerprint density at radius 2 is 2.08 bits per heavy atom. The molecule has 1 N–H and O–H groups in total. The highest BCUT2D eigenvalue weighted by Crippen LogP contribution is 2.36. The molecule has 2 rings (SSSR count). The summed E-state index contributed by atoms with van der Waals surface area (Å²) in [7, 11) is 2.21. The number of nitro groups is 1. The lowest BCUT2D eigenvalue weighted by Crippen LogP contribution is -2.14. The van der Waals surface area contributed by atoms with Crippen molar-refractivity contribution in [1.82, 2.24) is 9.78 Å². The van der Waals surface area contributed by atoms with Gasteiger partial charge in [0.25, 0.3) is 11.6 Å². The minimum absolute atomic E-state index is 0.00776. The van der Waals surface area contributed by atoms with Crippen molar-refractivity contribution in [2.24, 2.45) is 7.05 Å². The number of nitro benzene ring substituents is 1. The van der Waals surface area contributed by atoms with Crippen molar-refractivity contribution in [2.45, 2.75) is 6.18 Å². The number of aromatic nitrogens is 2. The number of non-ortho nitro benzene ring substituents is 1. The molecule has 134 valence electrons. The van der Waals surface area contributed by atoms with Crippen LogP contribution >= 0.6 is 11.6 Å². The number of hydrogen-bond acceptors (Lipinski definition) is 5. The number of anilines is 1. The number of ether oxygens (including phenoxy) is 1. The van der Waals surface area contributed by atoms with E-state index in [1.807, 2.05) is 0 Å². The van der Waals surface area contributed by atoms with E-state index in [2.05, 4.69) is 10.4 Å². The van der Waals surface area contributed by atoms with Crippen LogP contribution < -0.4 is 10.1 Å². The molecule has 12 heteroatoms. The van der Waals surface area contributed by atoms with E-state index in [1.54, 1.807) is 0 Å². The molecule has 0 aliphatic carbocycles. The van der Waals surface area contributed by atoms with Crippen molar-refractivity contribution in [1.29, 1.82) is 0 Å². The maximum Gasteiger partial charge on any atom is 0.434 e. The minimum Gasteiger partial charge on any atom is -0.494 e. The normalized spacial score (nSPS) is 11.3. The molecule has 0 atom stereocenters. The van der Waals surface area contributed by atoms with Gasteiger partial charge in [-0.3, -0.25) is 19.6 Å². The molecule has 0 saturated heterocycles. The summed E-state index contributed by atoms with van der Waals surface area (Å²) in [5.41, 5.74) is -2.19. The van der Waals surface area contributed by atoms with Crippen molar-refractivity contribution < 1.29 is 27.6 Å². The number of amides is 1. The maximum absolute atomic E-state index is 12.9. The Kier molecular flexibility index (Phi) is 4.88. The first kappa shape index (κ1) is 18.5. The van der Waals surface area contributed by atoms with Crippen LogP contribution in [0.1, 0.15) is 16.2 Å². The first-order valence-electron chi connectivity index (χ1n) is 6.49. The van der Waals surface area contributed by atoms with Crippen LogP contribution in [0.15, 0.2) is 18.2 Å². The molecule has 0 spiro atoms. The number of alkyl halides is 3. The topological polar surface area (TPSA) is 99.3 Å². The molecule has 1 amide bonds. The highest BCUT2D eigenvalue weighted by Gasteiger charge is 2.40. The summed E-state index contributed by atoms with van der Waals surface area (Å²) in [5, 5.41) is 15.6. The quantitative estimate of drug-likeness (QED) is 0.650. The average Bonchev–Trinajstić information content (AvgIpc) is 2.82. The Bertz CT molecular complexity index is 851. The Morgan fingerprint density at radius 1 is 1.44 bits per heavy atom. The first-order chi connectivity index (χ1) is 11.6. The zero-order chi connectivity index (χ0) is 18.9. The van der Waals surface area contributed by atoms with Crippen molar-refractivity contribution in [3.8, 4) is 5.75 Å². The van der Waals surface area contributed by atoms with Gasteiger partial charge in [0.05, 0.1) is 23.8 Å². The van der Waals surface area contributed by atoms with Crippen LogP contribution in [0.25, 0.3) is 0 Å². The summed E-state index contributed by atoms with van der Waals surface area (Å²) in [6.45, 7) is 0. The molecule has 0 saturated carbocycles. The van der Waals surface area contributed by atoms with E-state index < -0.39 is 33.4 Å². The van der Waals surface area contributed by atoms with Gasteiger partial charge in [0.2, 0.25) is 0 Å². The van der Waals surface area contributed by atoms with Crippen LogP contribution in [-0.2, 0) is 13.2 Å². The largest absolute Gasteiger partial charge is 0.494 e. The van der Waals surface area contributed by atoms with Gasteiger partial charge >= 0.3 is 6.18 Å². The monoisotopic (exact) mass is 378 g/mol. The van der Waals surface area contributed by atoms with Crippen molar-refractivity contribution in [2.75, 3.05) is 12.4 Å². The highest BCUT2D eigenvalue weighted by molar-refractivity contribution is 6.34. The van der Waals surface area contributed by atoms with Gasteiger partial charge < -0.3 is 10.1 Å². The summed E-state index contributed by atoms with van der Waals surface area (Å²) in [5.74, 6) is -1.08. The molecule has 1 heterocycles. The van der Waals surface area contributed by atoms with Crippen LogP contribution in [-0.4, -0.2) is 27.7 Å². The summed E-state index contributed by atoms with van der Waals surface area (Å²) >= 11 is 5.63. The van der Waals surface area contributed by atoms with Crippen molar-refractivity contribution >= 4 is 28.9 Å². The zero-order valence-electron chi connectivity index (χ0n) is 12.7. The van der Waals surface area contributed by atoms with Gasteiger partial charge in [-0.05, 0) is 6.07 Å². The van der Waals surface area contributed by atoms with E-state index >= 15 is 0 Å². The Hall–Kier alpha value is -2.82.